The summed E-state index contributed by atoms with van der Waals surface area (Å²) in [5, 5.41) is 15.5. The molecule has 4 nitrogen and oxygen atoms in total. The van der Waals surface area contributed by atoms with Crippen molar-refractivity contribution in [3.05, 3.63) is 0 Å². The van der Waals surface area contributed by atoms with Gasteiger partial charge in [-0.3, -0.25) is 4.79 Å². The lowest BCUT2D eigenvalue weighted by molar-refractivity contribution is -0.126. The summed E-state index contributed by atoms with van der Waals surface area (Å²) in [6.45, 7) is 8.34. The Balaban J connectivity index is 2.33. The standard InChI is InChI=1S/C15H30N2O2/c1-11(2)8-13(5-7-18)10-17-15(19)14-4-6-16-12(3)9-14/h11-14,16,18H,4-10H2,1-3H3,(H,17,19)/t12-,13?,14-/m0/s1. The van der Waals surface area contributed by atoms with Gasteiger partial charge in [0.15, 0.2) is 0 Å². The van der Waals surface area contributed by atoms with Gasteiger partial charge in [-0.15, -0.1) is 0 Å². The Bertz CT molecular complexity index is 269. The Labute approximate surface area is 117 Å². The van der Waals surface area contributed by atoms with Crippen molar-refractivity contribution in [2.45, 2.75) is 52.5 Å². The van der Waals surface area contributed by atoms with Crippen LogP contribution < -0.4 is 10.6 Å². The minimum atomic E-state index is 0.157. The lowest BCUT2D eigenvalue weighted by atomic mass is 9.91. The number of aliphatic hydroxyl groups excluding tert-OH is 1. The van der Waals surface area contributed by atoms with E-state index in [1.54, 1.807) is 0 Å². The van der Waals surface area contributed by atoms with Gasteiger partial charge in [0.25, 0.3) is 0 Å². The van der Waals surface area contributed by atoms with E-state index in [-0.39, 0.29) is 18.4 Å². The van der Waals surface area contributed by atoms with Gasteiger partial charge in [0.1, 0.15) is 0 Å². The molecular weight excluding hydrogens is 240 g/mol. The van der Waals surface area contributed by atoms with Crippen LogP contribution in [0.2, 0.25) is 0 Å². The molecule has 112 valence electrons. The molecule has 0 spiro atoms. The Morgan fingerprint density at radius 2 is 2.21 bits per heavy atom. The summed E-state index contributed by atoms with van der Waals surface area (Å²) in [4.78, 5) is 12.1. The summed E-state index contributed by atoms with van der Waals surface area (Å²) >= 11 is 0. The number of carbonyl (C=O) groups is 1. The highest BCUT2D eigenvalue weighted by molar-refractivity contribution is 5.78. The first kappa shape index (κ1) is 16.4. The van der Waals surface area contributed by atoms with Gasteiger partial charge >= 0.3 is 0 Å². The molecule has 0 radical (unpaired) electrons. The Kier molecular flexibility index (Phi) is 7.39. The number of rotatable bonds is 7. The largest absolute Gasteiger partial charge is 0.396 e. The van der Waals surface area contributed by atoms with Gasteiger partial charge in [-0.05, 0) is 51.0 Å². The smallest absolute Gasteiger partial charge is 0.223 e. The van der Waals surface area contributed by atoms with Crippen molar-refractivity contribution < 1.29 is 9.90 Å². The van der Waals surface area contributed by atoms with Crippen LogP contribution in [0.4, 0.5) is 0 Å². The molecule has 0 aliphatic carbocycles. The summed E-state index contributed by atoms with van der Waals surface area (Å²) < 4.78 is 0. The third-order valence-electron chi connectivity index (χ3n) is 3.90. The fourth-order valence-electron chi connectivity index (χ4n) is 2.91. The molecule has 3 atom stereocenters. The van der Waals surface area contributed by atoms with Crippen molar-refractivity contribution in [1.82, 2.24) is 10.6 Å². The number of amides is 1. The molecular formula is C15H30N2O2. The second-order valence-electron chi connectivity index (χ2n) is 6.33. The van der Waals surface area contributed by atoms with Gasteiger partial charge in [-0.1, -0.05) is 13.8 Å². The fraction of sp³-hybridized carbons (Fsp3) is 0.933. The van der Waals surface area contributed by atoms with Gasteiger partial charge in [-0.2, -0.15) is 0 Å². The van der Waals surface area contributed by atoms with Crippen LogP contribution in [0.5, 0.6) is 0 Å². The number of carbonyl (C=O) groups excluding carboxylic acids is 1. The first-order valence-corrected chi connectivity index (χ1v) is 7.64. The Morgan fingerprint density at radius 3 is 2.79 bits per heavy atom. The molecule has 1 amide bonds. The lowest BCUT2D eigenvalue weighted by Gasteiger charge is -2.28. The van der Waals surface area contributed by atoms with Crippen LogP contribution in [-0.2, 0) is 4.79 Å². The van der Waals surface area contributed by atoms with E-state index in [0.29, 0.717) is 24.4 Å². The highest BCUT2D eigenvalue weighted by Gasteiger charge is 2.25. The summed E-state index contributed by atoms with van der Waals surface area (Å²) in [6.07, 6.45) is 3.70. The van der Waals surface area contributed by atoms with Crippen LogP contribution >= 0.6 is 0 Å². The Morgan fingerprint density at radius 1 is 1.47 bits per heavy atom. The molecule has 1 aliphatic heterocycles. The molecule has 1 saturated heterocycles. The summed E-state index contributed by atoms with van der Waals surface area (Å²) in [5.74, 6) is 1.35. The highest BCUT2D eigenvalue weighted by Crippen LogP contribution is 2.18. The molecule has 1 heterocycles. The van der Waals surface area contributed by atoms with Crippen LogP contribution in [0.3, 0.4) is 0 Å². The average molecular weight is 270 g/mol. The van der Waals surface area contributed by atoms with Crippen LogP contribution in [0, 0.1) is 17.8 Å². The lowest BCUT2D eigenvalue weighted by Crippen LogP contribution is -2.43. The third kappa shape index (κ3) is 6.39. The SMILES string of the molecule is CC(C)CC(CCO)CNC(=O)[C@H]1CCN[C@@H](C)C1. The predicted molar refractivity (Wildman–Crippen MR) is 77.8 cm³/mol. The third-order valence-corrected chi connectivity index (χ3v) is 3.90. The van der Waals surface area contributed by atoms with Gasteiger partial charge in [0.05, 0.1) is 0 Å². The monoisotopic (exact) mass is 270 g/mol. The topological polar surface area (TPSA) is 61.4 Å². The zero-order valence-corrected chi connectivity index (χ0v) is 12.6. The molecule has 0 aromatic carbocycles. The van der Waals surface area contributed by atoms with Crippen molar-refractivity contribution in [2.24, 2.45) is 17.8 Å². The van der Waals surface area contributed by atoms with E-state index in [1.807, 2.05) is 0 Å². The number of aliphatic hydroxyl groups is 1. The molecule has 0 aromatic rings. The molecule has 0 bridgehead atoms. The van der Waals surface area contributed by atoms with E-state index in [0.717, 1.165) is 32.2 Å². The molecule has 19 heavy (non-hydrogen) atoms. The number of hydrogen-bond acceptors (Lipinski definition) is 3. The minimum Gasteiger partial charge on any atom is -0.396 e. The molecule has 4 heteroatoms. The number of piperidine rings is 1. The average Bonchev–Trinajstić information content (AvgIpc) is 2.35. The first-order valence-electron chi connectivity index (χ1n) is 7.64. The summed E-state index contributed by atoms with van der Waals surface area (Å²) in [5.41, 5.74) is 0. The fourth-order valence-corrected chi connectivity index (χ4v) is 2.91. The Hall–Kier alpha value is -0.610. The zero-order valence-electron chi connectivity index (χ0n) is 12.6. The van der Waals surface area contributed by atoms with E-state index in [9.17, 15) is 4.79 Å². The van der Waals surface area contributed by atoms with E-state index in [4.69, 9.17) is 5.11 Å². The normalized spacial score (nSPS) is 25.3. The molecule has 1 aliphatic rings. The quantitative estimate of drug-likeness (QED) is 0.657. The summed E-state index contributed by atoms with van der Waals surface area (Å²) in [6, 6.07) is 0.438. The van der Waals surface area contributed by atoms with Crippen LogP contribution in [0.15, 0.2) is 0 Å². The van der Waals surface area contributed by atoms with Gasteiger partial charge in [0.2, 0.25) is 5.91 Å². The van der Waals surface area contributed by atoms with Crippen molar-refractivity contribution in [1.29, 1.82) is 0 Å². The molecule has 1 rings (SSSR count). The van der Waals surface area contributed by atoms with Crippen LogP contribution in [-0.4, -0.2) is 36.8 Å². The molecule has 1 unspecified atom stereocenters. The number of hydrogen-bond donors (Lipinski definition) is 3. The maximum absolute atomic E-state index is 12.1. The van der Waals surface area contributed by atoms with E-state index >= 15 is 0 Å². The van der Waals surface area contributed by atoms with Gasteiger partial charge in [0, 0.05) is 25.1 Å². The molecule has 1 fully saturated rings. The van der Waals surface area contributed by atoms with Crippen LogP contribution in [0.25, 0.3) is 0 Å². The van der Waals surface area contributed by atoms with Gasteiger partial charge in [-0.25, -0.2) is 0 Å². The first-order chi connectivity index (χ1) is 9.02. The maximum atomic E-state index is 12.1. The van der Waals surface area contributed by atoms with Crippen molar-refractivity contribution in [3.8, 4) is 0 Å². The highest BCUT2D eigenvalue weighted by atomic mass is 16.3. The van der Waals surface area contributed by atoms with Crippen LogP contribution in [0.1, 0.15) is 46.5 Å². The van der Waals surface area contributed by atoms with Crippen molar-refractivity contribution >= 4 is 5.91 Å². The molecule has 0 aromatic heterocycles. The van der Waals surface area contributed by atoms with Crippen molar-refractivity contribution in [2.75, 3.05) is 19.7 Å². The zero-order chi connectivity index (χ0) is 14.3. The maximum Gasteiger partial charge on any atom is 0.223 e. The number of nitrogens with one attached hydrogen (secondary N) is 2. The van der Waals surface area contributed by atoms with E-state index in [2.05, 4.69) is 31.4 Å². The minimum absolute atomic E-state index is 0.157. The second-order valence-corrected chi connectivity index (χ2v) is 6.33. The predicted octanol–water partition coefficient (Wildman–Crippen LogP) is 1.54. The van der Waals surface area contributed by atoms with E-state index in [1.165, 1.54) is 0 Å². The molecule has 3 N–H and O–H groups in total. The van der Waals surface area contributed by atoms with Gasteiger partial charge < -0.3 is 15.7 Å². The summed E-state index contributed by atoms with van der Waals surface area (Å²) in [7, 11) is 0. The second kappa shape index (κ2) is 8.54. The van der Waals surface area contributed by atoms with Crippen molar-refractivity contribution in [3.63, 3.8) is 0 Å². The van der Waals surface area contributed by atoms with E-state index < -0.39 is 0 Å². The molecule has 0 saturated carbocycles.